The Morgan fingerprint density at radius 3 is 2.84 bits per heavy atom. The molecule has 1 aliphatic rings. The Bertz CT molecular complexity index is 388. The molecule has 6 nitrogen and oxygen atoms in total. The minimum atomic E-state index is -0.190. The van der Waals surface area contributed by atoms with Gasteiger partial charge in [0.2, 0.25) is 5.89 Å². The highest BCUT2D eigenvalue weighted by Gasteiger charge is 2.31. The largest absolute Gasteiger partial charge is 0.378 e. The first-order chi connectivity index (χ1) is 9.08. The highest BCUT2D eigenvalue weighted by atomic mass is 16.5. The molecule has 108 valence electrons. The fraction of sp³-hybridized carbons (Fsp3) is 0.846. The van der Waals surface area contributed by atoms with Gasteiger partial charge in [0.05, 0.1) is 12.1 Å². The first-order valence-corrected chi connectivity index (χ1v) is 6.92. The van der Waals surface area contributed by atoms with Crippen LogP contribution in [0.5, 0.6) is 0 Å². The van der Waals surface area contributed by atoms with Crippen molar-refractivity contribution in [2.24, 2.45) is 11.7 Å². The van der Waals surface area contributed by atoms with Gasteiger partial charge in [0.25, 0.3) is 0 Å². The second-order valence-corrected chi connectivity index (χ2v) is 5.53. The van der Waals surface area contributed by atoms with Crippen LogP contribution < -0.4 is 5.73 Å². The average molecular weight is 268 g/mol. The summed E-state index contributed by atoms with van der Waals surface area (Å²) < 4.78 is 10.8. The molecule has 6 heteroatoms. The first kappa shape index (κ1) is 14.4. The molecular formula is C13H24N4O2. The molecule has 2 N–H and O–H groups in total. The molecule has 1 aromatic rings. The Morgan fingerprint density at radius 1 is 1.47 bits per heavy atom. The van der Waals surface area contributed by atoms with Crippen molar-refractivity contribution in [1.82, 2.24) is 15.0 Å². The molecule has 1 saturated carbocycles. The van der Waals surface area contributed by atoms with E-state index in [1.807, 2.05) is 25.9 Å². The maximum Gasteiger partial charge on any atom is 0.226 e. The molecular weight excluding hydrogens is 244 g/mol. The lowest BCUT2D eigenvalue weighted by Crippen LogP contribution is -2.32. The van der Waals surface area contributed by atoms with Gasteiger partial charge in [-0.2, -0.15) is 4.98 Å². The second-order valence-electron chi connectivity index (χ2n) is 5.53. The lowest BCUT2D eigenvalue weighted by Gasteiger charge is -2.33. The van der Waals surface area contributed by atoms with Crippen LogP contribution in [0, 0.1) is 5.92 Å². The van der Waals surface area contributed by atoms with Crippen LogP contribution in [-0.4, -0.2) is 48.4 Å². The number of likely N-dealkylation sites (N-methyl/N-ethyl adjacent to an activating group) is 1. The molecule has 2 rings (SSSR count). The quantitative estimate of drug-likeness (QED) is 0.794. The third kappa shape index (κ3) is 3.99. The summed E-state index contributed by atoms with van der Waals surface area (Å²) in [4.78, 5) is 6.40. The van der Waals surface area contributed by atoms with E-state index in [9.17, 15) is 0 Å². The lowest BCUT2D eigenvalue weighted by atomic mass is 9.80. The number of rotatable bonds is 7. The first-order valence-electron chi connectivity index (χ1n) is 6.92. The Hall–Kier alpha value is -0.980. The predicted molar refractivity (Wildman–Crippen MR) is 71.6 cm³/mol. The summed E-state index contributed by atoms with van der Waals surface area (Å²) in [5.41, 5.74) is 6.00. The van der Waals surface area contributed by atoms with Crippen molar-refractivity contribution in [3.63, 3.8) is 0 Å². The van der Waals surface area contributed by atoms with E-state index < -0.39 is 0 Å². The standard InChI is InChI=1S/C13H24N4O2/c1-4-18-10-5-9(6-10)7-12-15-13(16-19-12)11(14)8-17(2)3/h9-11H,4-8,14H2,1-3H3. The smallest absolute Gasteiger partial charge is 0.226 e. The van der Waals surface area contributed by atoms with Crippen molar-refractivity contribution in [2.75, 3.05) is 27.2 Å². The number of hydrogen-bond donors (Lipinski definition) is 1. The van der Waals surface area contributed by atoms with Gasteiger partial charge in [0.15, 0.2) is 5.82 Å². The number of aromatic nitrogens is 2. The molecule has 19 heavy (non-hydrogen) atoms. The van der Waals surface area contributed by atoms with Crippen molar-refractivity contribution in [1.29, 1.82) is 0 Å². The zero-order valence-corrected chi connectivity index (χ0v) is 12.0. The van der Waals surface area contributed by atoms with Gasteiger partial charge in [-0.1, -0.05) is 5.16 Å². The topological polar surface area (TPSA) is 77.4 Å². The van der Waals surface area contributed by atoms with Crippen LogP contribution in [-0.2, 0) is 11.2 Å². The maximum atomic E-state index is 6.00. The highest BCUT2D eigenvalue weighted by Crippen LogP contribution is 2.32. The van der Waals surface area contributed by atoms with Gasteiger partial charge < -0.3 is 19.9 Å². The number of nitrogens with two attached hydrogens (primary N) is 1. The molecule has 0 aromatic carbocycles. The average Bonchev–Trinajstić information content (AvgIpc) is 2.74. The van der Waals surface area contributed by atoms with Crippen LogP contribution in [0.1, 0.15) is 37.5 Å². The van der Waals surface area contributed by atoms with Gasteiger partial charge in [-0.3, -0.25) is 0 Å². The summed E-state index contributed by atoms with van der Waals surface area (Å²) in [6, 6.07) is -0.190. The summed E-state index contributed by atoms with van der Waals surface area (Å²) >= 11 is 0. The Labute approximate surface area is 114 Å². The van der Waals surface area contributed by atoms with E-state index >= 15 is 0 Å². The van der Waals surface area contributed by atoms with Gasteiger partial charge in [0.1, 0.15) is 0 Å². The van der Waals surface area contributed by atoms with E-state index in [0.29, 0.717) is 23.7 Å². The SMILES string of the molecule is CCOC1CC(Cc2nc(C(N)CN(C)C)no2)C1. The third-order valence-corrected chi connectivity index (χ3v) is 3.44. The Morgan fingerprint density at radius 2 is 2.21 bits per heavy atom. The molecule has 0 bridgehead atoms. The zero-order chi connectivity index (χ0) is 13.8. The van der Waals surface area contributed by atoms with Crippen LogP contribution in [0.3, 0.4) is 0 Å². The summed E-state index contributed by atoms with van der Waals surface area (Å²) in [6.45, 7) is 3.54. The van der Waals surface area contributed by atoms with Gasteiger partial charge in [0, 0.05) is 19.6 Å². The second kappa shape index (κ2) is 6.45. The molecule has 0 amide bonds. The van der Waals surface area contributed by atoms with Crippen LogP contribution in [0.15, 0.2) is 4.52 Å². The highest BCUT2D eigenvalue weighted by molar-refractivity contribution is 4.96. The minimum absolute atomic E-state index is 0.190. The molecule has 0 spiro atoms. The number of hydrogen-bond acceptors (Lipinski definition) is 6. The van der Waals surface area contributed by atoms with E-state index in [2.05, 4.69) is 10.1 Å². The number of ether oxygens (including phenoxy) is 1. The molecule has 0 radical (unpaired) electrons. The van der Waals surface area contributed by atoms with Crippen molar-refractivity contribution in [2.45, 2.75) is 38.3 Å². The van der Waals surface area contributed by atoms with Crippen molar-refractivity contribution in [3.05, 3.63) is 11.7 Å². The van der Waals surface area contributed by atoms with Gasteiger partial charge in [-0.05, 0) is 39.8 Å². The summed E-state index contributed by atoms with van der Waals surface area (Å²) in [5, 5.41) is 3.97. The lowest BCUT2D eigenvalue weighted by molar-refractivity contribution is -0.0258. The summed E-state index contributed by atoms with van der Waals surface area (Å²) in [5.74, 6) is 1.91. The third-order valence-electron chi connectivity index (χ3n) is 3.44. The molecule has 1 fully saturated rings. The van der Waals surface area contributed by atoms with Crippen molar-refractivity contribution < 1.29 is 9.26 Å². The molecule has 1 atom stereocenters. The van der Waals surface area contributed by atoms with Crippen LogP contribution in [0.25, 0.3) is 0 Å². The maximum absolute atomic E-state index is 6.00. The molecule has 1 aliphatic carbocycles. The van der Waals surface area contributed by atoms with Gasteiger partial charge >= 0.3 is 0 Å². The molecule has 0 aliphatic heterocycles. The van der Waals surface area contributed by atoms with Gasteiger partial charge in [-0.25, -0.2) is 0 Å². The zero-order valence-electron chi connectivity index (χ0n) is 12.0. The van der Waals surface area contributed by atoms with Crippen molar-refractivity contribution in [3.8, 4) is 0 Å². The molecule has 1 aromatic heterocycles. The number of nitrogens with zero attached hydrogens (tertiary/aromatic N) is 3. The van der Waals surface area contributed by atoms with E-state index in [0.717, 1.165) is 32.4 Å². The predicted octanol–water partition coefficient (Wildman–Crippen LogP) is 0.989. The van der Waals surface area contributed by atoms with E-state index in [1.165, 1.54) is 0 Å². The Kier molecular flexibility index (Phi) is 4.90. The molecule has 1 unspecified atom stereocenters. The van der Waals surface area contributed by atoms with E-state index in [1.54, 1.807) is 0 Å². The Balaban J connectivity index is 1.78. The minimum Gasteiger partial charge on any atom is -0.378 e. The summed E-state index contributed by atoms with van der Waals surface area (Å²) in [6.07, 6.45) is 3.45. The molecule has 1 heterocycles. The van der Waals surface area contributed by atoms with Crippen LogP contribution >= 0.6 is 0 Å². The normalized spacial score (nSPS) is 24.5. The summed E-state index contributed by atoms with van der Waals surface area (Å²) in [7, 11) is 3.95. The fourth-order valence-electron chi connectivity index (χ4n) is 2.44. The van der Waals surface area contributed by atoms with Crippen LogP contribution in [0.2, 0.25) is 0 Å². The van der Waals surface area contributed by atoms with Crippen LogP contribution in [0.4, 0.5) is 0 Å². The fourth-order valence-corrected chi connectivity index (χ4v) is 2.44. The van der Waals surface area contributed by atoms with E-state index in [4.69, 9.17) is 15.0 Å². The van der Waals surface area contributed by atoms with E-state index in [-0.39, 0.29) is 6.04 Å². The molecule has 0 saturated heterocycles. The van der Waals surface area contributed by atoms with Crippen molar-refractivity contribution >= 4 is 0 Å². The van der Waals surface area contributed by atoms with Gasteiger partial charge in [-0.15, -0.1) is 0 Å². The monoisotopic (exact) mass is 268 g/mol.